The van der Waals surface area contributed by atoms with E-state index in [-0.39, 0.29) is 5.82 Å². The van der Waals surface area contributed by atoms with Crippen LogP contribution in [0.1, 0.15) is 11.1 Å². The zero-order valence-electron chi connectivity index (χ0n) is 8.54. The first-order valence-corrected chi connectivity index (χ1v) is 6.59. The molecule has 1 N–H and O–H groups in total. The molecule has 0 aliphatic rings. The van der Waals surface area contributed by atoms with Gasteiger partial charge in [0, 0.05) is 13.1 Å². The second-order valence-corrected chi connectivity index (χ2v) is 5.78. The summed E-state index contributed by atoms with van der Waals surface area (Å²) >= 11 is 5.09. The Morgan fingerprint density at radius 3 is 2.69 bits per heavy atom. The molecule has 0 amide bonds. The van der Waals surface area contributed by atoms with Gasteiger partial charge in [0.25, 0.3) is 0 Å². The molecule has 0 saturated heterocycles. The molecule has 84 valence electrons. The highest BCUT2D eigenvalue weighted by Gasteiger charge is 1.98. The first-order chi connectivity index (χ1) is 7.74. The van der Waals surface area contributed by atoms with E-state index in [2.05, 4.69) is 32.7 Å². The number of nitrogens with one attached hydrogen (secondary N) is 1. The van der Waals surface area contributed by atoms with E-state index in [1.807, 2.05) is 6.07 Å². The minimum atomic E-state index is -0.183. The van der Waals surface area contributed by atoms with Crippen LogP contribution in [0.5, 0.6) is 0 Å². The van der Waals surface area contributed by atoms with Gasteiger partial charge in [-0.25, -0.2) is 4.39 Å². The summed E-state index contributed by atoms with van der Waals surface area (Å²) in [5.74, 6) is -0.183. The highest BCUT2D eigenvalue weighted by atomic mass is 79.9. The molecule has 4 heteroatoms. The van der Waals surface area contributed by atoms with Gasteiger partial charge in [0.05, 0.1) is 3.79 Å². The van der Waals surface area contributed by atoms with Gasteiger partial charge in [-0.2, -0.15) is 0 Å². The van der Waals surface area contributed by atoms with Gasteiger partial charge in [0.2, 0.25) is 0 Å². The molecule has 0 saturated carbocycles. The molecule has 0 atom stereocenters. The fraction of sp³-hybridized carbons (Fsp3) is 0.167. The standard InChI is InChI=1S/C12H11BrFNS/c13-12-5-10(8-16-12)7-15-6-9-2-1-3-11(14)4-9/h1-5,8,15H,6-7H2. The lowest BCUT2D eigenvalue weighted by Gasteiger charge is -2.03. The number of hydrogen-bond donors (Lipinski definition) is 1. The van der Waals surface area contributed by atoms with Crippen LogP contribution in [-0.4, -0.2) is 0 Å². The van der Waals surface area contributed by atoms with E-state index in [1.165, 1.54) is 11.6 Å². The van der Waals surface area contributed by atoms with Crippen LogP contribution in [0.25, 0.3) is 0 Å². The van der Waals surface area contributed by atoms with Crippen LogP contribution in [-0.2, 0) is 13.1 Å². The maximum atomic E-state index is 12.9. The lowest BCUT2D eigenvalue weighted by atomic mass is 10.2. The summed E-state index contributed by atoms with van der Waals surface area (Å²) in [5, 5.41) is 5.38. The molecule has 0 bridgehead atoms. The first-order valence-electron chi connectivity index (χ1n) is 4.92. The molecule has 16 heavy (non-hydrogen) atoms. The maximum absolute atomic E-state index is 12.9. The maximum Gasteiger partial charge on any atom is 0.123 e. The van der Waals surface area contributed by atoms with E-state index in [9.17, 15) is 4.39 Å². The molecule has 1 aromatic carbocycles. The smallest absolute Gasteiger partial charge is 0.123 e. The summed E-state index contributed by atoms with van der Waals surface area (Å²) < 4.78 is 14.0. The fourth-order valence-corrected chi connectivity index (χ4v) is 2.65. The average molecular weight is 300 g/mol. The van der Waals surface area contributed by atoms with Crippen molar-refractivity contribution in [3.05, 3.63) is 56.4 Å². The summed E-state index contributed by atoms with van der Waals surface area (Å²) in [6, 6.07) is 8.74. The highest BCUT2D eigenvalue weighted by molar-refractivity contribution is 9.11. The zero-order valence-corrected chi connectivity index (χ0v) is 10.9. The van der Waals surface area contributed by atoms with Crippen molar-refractivity contribution in [1.29, 1.82) is 0 Å². The normalized spacial score (nSPS) is 10.6. The van der Waals surface area contributed by atoms with Crippen molar-refractivity contribution < 1.29 is 4.39 Å². The third-order valence-corrected chi connectivity index (χ3v) is 3.72. The molecule has 2 aromatic rings. The molecule has 0 aliphatic heterocycles. The third-order valence-electron chi connectivity index (χ3n) is 2.17. The lowest BCUT2D eigenvalue weighted by Crippen LogP contribution is -2.12. The van der Waals surface area contributed by atoms with Crippen LogP contribution >= 0.6 is 27.3 Å². The first kappa shape index (κ1) is 11.8. The monoisotopic (exact) mass is 299 g/mol. The van der Waals surface area contributed by atoms with Crippen LogP contribution < -0.4 is 5.32 Å². The molecular formula is C12H11BrFNS. The van der Waals surface area contributed by atoms with Crippen molar-refractivity contribution in [3.8, 4) is 0 Å². The Hall–Kier alpha value is -0.710. The van der Waals surface area contributed by atoms with E-state index < -0.39 is 0 Å². The van der Waals surface area contributed by atoms with E-state index in [0.717, 1.165) is 15.9 Å². The molecule has 2 rings (SSSR count). The Bertz CT molecular complexity index is 470. The van der Waals surface area contributed by atoms with Crippen molar-refractivity contribution in [2.45, 2.75) is 13.1 Å². The van der Waals surface area contributed by atoms with Gasteiger partial charge in [-0.3, -0.25) is 0 Å². The van der Waals surface area contributed by atoms with Crippen molar-refractivity contribution >= 4 is 27.3 Å². The highest BCUT2D eigenvalue weighted by Crippen LogP contribution is 2.20. The van der Waals surface area contributed by atoms with Crippen molar-refractivity contribution in [2.75, 3.05) is 0 Å². The van der Waals surface area contributed by atoms with Crippen molar-refractivity contribution in [3.63, 3.8) is 0 Å². The largest absolute Gasteiger partial charge is 0.309 e. The molecule has 0 fully saturated rings. The van der Waals surface area contributed by atoms with Gasteiger partial charge in [0.15, 0.2) is 0 Å². The Labute approximate surface area is 106 Å². The number of benzene rings is 1. The molecule has 1 heterocycles. The Balaban J connectivity index is 1.84. The van der Waals surface area contributed by atoms with Gasteiger partial charge in [-0.05, 0) is 50.6 Å². The fourth-order valence-electron chi connectivity index (χ4n) is 1.44. The van der Waals surface area contributed by atoms with Gasteiger partial charge in [-0.15, -0.1) is 11.3 Å². The molecule has 0 unspecified atom stereocenters. The third kappa shape index (κ3) is 3.40. The predicted octanol–water partition coefficient (Wildman–Crippen LogP) is 3.94. The van der Waals surface area contributed by atoms with Crippen LogP contribution in [0.3, 0.4) is 0 Å². The molecule has 0 spiro atoms. The Morgan fingerprint density at radius 1 is 1.19 bits per heavy atom. The van der Waals surface area contributed by atoms with Gasteiger partial charge >= 0.3 is 0 Å². The van der Waals surface area contributed by atoms with Gasteiger partial charge < -0.3 is 5.32 Å². The summed E-state index contributed by atoms with van der Waals surface area (Å²) in [5.41, 5.74) is 2.21. The van der Waals surface area contributed by atoms with Gasteiger partial charge in [-0.1, -0.05) is 12.1 Å². The SMILES string of the molecule is Fc1cccc(CNCc2csc(Br)c2)c1. The van der Waals surface area contributed by atoms with E-state index in [4.69, 9.17) is 0 Å². The predicted molar refractivity (Wildman–Crippen MR) is 69.0 cm³/mol. The lowest BCUT2D eigenvalue weighted by molar-refractivity contribution is 0.620. The van der Waals surface area contributed by atoms with Gasteiger partial charge in [0.1, 0.15) is 5.82 Å². The topological polar surface area (TPSA) is 12.0 Å². The zero-order chi connectivity index (χ0) is 11.4. The Morgan fingerprint density at radius 2 is 2.00 bits per heavy atom. The average Bonchev–Trinajstić information content (AvgIpc) is 2.64. The quantitative estimate of drug-likeness (QED) is 0.902. The van der Waals surface area contributed by atoms with Crippen molar-refractivity contribution in [2.24, 2.45) is 0 Å². The summed E-state index contributed by atoms with van der Waals surface area (Å²) in [6.07, 6.45) is 0. The molecular weight excluding hydrogens is 289 g/mol. The molecule has 1 nitrogen and oxygen atoms in total. The van der Waals surface area contributed by atoms with E-state index in [0.29, 0.717) is 6.54 Å². The summed E-state index contributed by atoms with van der Waals surface area (Å²) in [6.45, 7) is 1.49. The van der Waals surface area contributed by atoms with Crippen LogP contribution in [0.15, 0.2) is 39.5 Å². The van der Waals surface area contributed by atoms with Crippen LogP contribution in [0, 0.1) is 5.82 Å². The summed E-state index contributed by atoms with van der Waals surface area (Å²) in [4.78, 5) is 0. The molecule has 0 aliphatic carbocycles. The second kappa shape index (κ2) is 5.57. The number of thiophene rings is 1. The number of halogens is 2. The molecule has 0 radical (unpaired) electrons. The minimum absolute atomic E-state index is 0.183. The summed E-state index contributed by atoms with van der Waals surface area (Å²) in [7, 11) is 0. The second-order valence-electron chi connectivity index (χ2n) is 3.49. The molecule has 1 aromatic heterocycles. The van der Waals surface area contributed by atoms with Crippen LogP contribution in [0.2, 0.25) is 0 Å². The number of hydrogen-bond acceptors (Lipinski definition) is 2. The van der Waals surface area contributed by atoms with E-state index >= 15 is 0 Å². The number of rotatable bonds is 4. The Kier molecular flexibility index (Phi) is 4.09. The van der Waals surface area contributed by atoms with Crippen molar-refractivity contribution in [1.82, 2.24) is 5.32 Å². The minimum Gasteiger partial charge on any atom is -0.309 e. The van der Waals surface area contributed by atoms with Crippen LogP contribution in [0.4, 0.5) is 4.39 Å². The van der Waals surface area contributed by atoms with E-state index in [1.54, 1.807) is 23.5 Å².